The minimum Gasteiger partial charge on any atom is -0.481 e. The molecule has 0 aliphatic heterocycles. The molecule has 19 heavy (non-hydrogen) atoms. The predicted molar refractivity (Wildman–Crippen MR) is 68.0 cm³/mol. The van der Waals surface area contributed by atoms with Crippen molar-refractivity contribution in [3.63, 3.8) is 0 Å². The predicted octanol–water partition coefficient (Wildman–Crippen LogP) is 1.61. The van der Waals surface area contributed by atoms with Crippen LogP contribution >= 0.6 is 11.8 Å². The zero-order valence-corrected chi connectivity index (χ0v) is 11.3. The highest BCUT2D eigenvalue weighted by Gasteiger charge is 2.44. The summed E-state index contributed by atoms with van der Waals surface area (Å²) in [6.45, 7) is 0. The maximum absolute atomic E-state index is 11.3. The van der Waals surface area contributed by atoms with E-state index in [0.717, 1.165) is 12.8 Å². The topological polar surface area (TPSA) is 89.4 Å². The molecule has 1 heterocycles. The monoisotopic (exact) mass is 282 g/mol. The number of ether oxygens (including phenoxy) is 1. The Labute approximate surface area is 114 Å². The van der Waals surface area contributed by atoms with Crippen LogP contribution in [0.2, 0.25) is 0 Å². The van der Waals surface area contributed by atoms with Gasteiger partial charge in [-0.25, -0.2) is 9.78 Å². The van der Waals surface area contributed by atoms with Gasteiger partial charge in [0.05, 0.1) is 25.9 Å². The first-order valence-electron chi connectivity index (χ1n) is 5.80. The number of carbonyl (C=O) groups excluding carboxylic acids is 1. The molecule has 1 saturated carbocycles. The Morgan fingerprint density at radius 1 is 1.47 bits per heavy atom. The minimum absolute atomic E-state index is 0.112. The molecular formula is C12H14N2O4S. The molecule has 7 heteroatoms. The molecular weight excluding hydrogens is 268 g/mol. The lowest BCUT2D eigenvalue weighted by Gasteiger charge is -2.11. The first-order chi connectivity index (χ1) is 9.04. The van der Waals surface area contributed by atoms with E-state index in [1.54, 1.807) is 6.20 Å². The number of carboxylic acid groups (broad SMARTS) is 1. The van der Waals surface area contributed by atoms with Gasteiger partial charge in [-0.2, -0.15) is 0 Å². The average Bonchev–Trinajstić information content (AvgIpc) is 3.15. The van der Waals surface area contributed by atoms with Crippen LogP contribution in [-0.2, 0) is 9.53 Å². The quantitative estimate of drug-likeness (QED) is 0.626. The normalized spacial score (nSPS) is 15.8. The number of hydrogen-bond acceptors (Lipinski definition) is 6. The highest BCUT2D eigenvalue weighted by atomic mass is 32.2. The Kier molecular flexibility index (Phi) is 4.04. The summed E-state index contributed by atoms with van der Waals surface area (Å²) in [5, 5.41) is 9.45. The second kappa shape index (κ2) is 5.56. The molecule has 0 unspecified atom stereocenters. The Morgan fingerprint density at radius 3 is 2.79 bits per heavy atom. The van der Waals surface area contributed by atoms with Crippen LogP contribution in [-0.4, -0.2) is 39.9 Å². The molecule has 1 aliphatic carbocycles. The van der Waals surface area contributed by atoms with Gasteiger partial charge in [0, 0.05) is 5.75 Å². The fraction of sp³-hybridized carbons (Fsp3) is 0.500. The fourth-order valence-corrected chi connectivity index (χ4v) is 2.86. The van der Waals surface area contributed by atoms with Gasteiger partial charge in [-0.3, -0.25) is 9.78 Å². The number of aromatic nitrogens is 2. The lowest BCUT2D eigenvalue weighted by Crippen LogP contribution is -2.11. The second-order valence-corrected chi connectivity index (χ2v) is 5.59. The van der Waals surface area contributed by atoms with Gasteiger partial charge in [-0.05, 0) is 18.3 Å². The van der Waals surface area contributed by atoms with E-state index in [1.165, 1.54) is 25.1 Å². The van der Waals surface area contributed by atoms with Crippen LogP contribution in [0.3, 0.4) is 0 Å². The molecule has 2 rings (SSSR count). The standard InChI is InChI=1S/C12H14N2O4S/c1-18-11(17)8-5-13-6-9(14-8)19-7-12(2-3-12)4-10(15)16/h5-6H,2-4,7H2,1H3,(H,15,16). The molecule has 1 aromatic heterocycles. The molecule has 102 valence electrons. The molecule has 0 aromatic carbocycles. The van der Waals surface area contributed by atoms with Gasteiger partial charge in [0.2, 0.25) is 0 Å². The lowest BCUT2D eigenvalue weighted by atomic mass is 10.1. The first-order valence-corrected chi connectivity index (χ1v) is 6.78. The van der Waals surface area contributed by atoms with E-state index in [2.05, 4.69) is 14.7 Å². The van der Waals surface area contributed by atoms with Gasteiger partial charge in [0.1, 0.15) is 5.03 Å². The fourth-order valence-electron chi connectivity index (χ4n) is 1.72. The molecule has 0 atom stereocenters. The molecule has 0 amide bonds. The first kappa shape index (κ1) is 13.8. The van der Waals surface area contributed by atoms with E-state index in [4.69, 9.17) is 5.11 Å². The highest BCUT2D eigenvalue weighted by Crippen LogP contribution is 2.51. The van der Waals surface area contributed by atoms with Gasteiger partial charge >= 0.3 is 11.9 Å². The lowest BCUT2D eigenvalue weighted by molar-refractivity contribution is -0.138. The largest absolute Gasteiger partial charge is 0.481 e. The van der Waals surface area contributed by atoms with Crippen molar-refractivity contribution in [3.8, 4) is 0 Å². The Morgan fingerprint density at radius 2 is 2.21 bits per heavy atom. The van der Waals surface area contributed by atoms with E-state index < -0.39 is 11.9 Å². The molecule has 1 aromatic rings. The van der Waals surface area contributed by atoms with Gasteiger partial charge in [-0.1, -0.05) is 0 Å². The zero-order valence-electron chi connectivity index (χ0n) is 10.5. The summed E-state index contributed by atoms with van der Waals surface area (Å²) < 4.78 is 4.57. The van der Waals surface area contributed by atoms with Crippen LogP contribution in [0.5, 0.6) is 0 Å². The molecule has 6 nitrogen and oxygen atoms in total. The Balaban J connectivity index is 1.96. The van der Waals surface area contributed by atoms with Crippen molar-refractivity contribution in [2.45, 2.75) is 24.3 Å². The summed E-state index contributed by atoms with van der Waals surface area (Å²) in [5.41, 5.74) is 0.0509. The van der Waals surface area contributed by atoms with Crippen molar-refractivity contribution in [3.05, 3.63) is 18.1 Å². The third-order valence-corrected chi connectivity index (χ3v) is 4.27. The smallest absolute Gasteiger partial charge is 0.358 e. The van der Waals surface area contributed by atoms with Crippen molar-refractivity contribution in [2.24, 2.45) is 5.41 Å². The Bertz CT molecular complexity index is 502. The zero-order chi connectivity index (χ0) is 13.9. The molecule has 0 saturated heterocycles. The van der Waals surface area contributed by atoms with E-state index >= 15 is 0 Å². The summed E-state index contributed by atoms with van der Waals surface area (Å²) in [5.74, 6) is -0.618. The minimum atomic E-state index is -0.771. The summed E-state index contributed by atoms with van der Waals surface area (Å²) >= 11 is 1.43. The number of aliphatic carboxylic acids is 1. The number of hydrogen-bond donors (Lipinski definition) is 1. The second-order valence-electron chi connectivity index (χ2n) is 4.59. The highest BCUT2D eigenvalue weighted by molar-refractivity contribution is 7.99. The molecule has 1 fully saturated rings. The number of thioether (sulfide) groups is 1. The third-order valence-electron chi connectivity index (χ3n) is 3.02. The number of rotatable bonds is 6. The molecule has 0 spiro atoms. The van der Waals surface area contributed by atoms with Crippen LogP contribution in [0.4, 0.5) is 0 Å². The van der Waals surface area contributed by atoms with E-state index in [9.17, 15) is 9.59 Å². The van der Waals surface area contributed by atoms with Crippen LogP contribution in [0.1, 0.15) is 29.8 Å². The summed E-state index contributed by atoms with van der Waals surface area (Å²) in [7, 11) is 1.29. The van der Waals surface area contributed by atoms with Crippen LogP contribution in [0.15, 0.2) is 17.4 Å². The molecule has 1 aliphatic rings. The van der Waals surface area contributed by atoms with Gasteiger partial charge in [0.15, 0.2) is 5.69 Å². The Hall–Kier alpha value is -1.63. The molecule has 1 N–H and O–H groups in total. The van der Waals surface area contributed by atoms with Crippen LogP contribution < -0.4 is 0 Å². The summed E-state index contributed by atoms with van der Waals surface area (Å²) in [6, 6.07) is 0. The third kappa shape index (κ3) is 3.66. The van der Waals surface area contributed by atoms with E-state index in [1.807, 2.05) is 0 Å². The maximum atomic E-state index is 11.3. The van der Waals surface area contributed by atoms with Crippen molar-refractivity contribution in [1.29, 1.82) is 0 Å². The average molecular weight is 282 g/mol. The van der Waals surface area contributed by atoms with E-state index in [-0.39, 0.29) is 17.5 Å². The number of methoxy groups -OCH3 is 1. The van der Waals surface area contributed by atoms with Crippen molar-refractivity contribution < 1.29 is 19.4 Å². The molecule has 0 radical (unpaired) electrons. The maximum Gasteiger partial charge on any atom is 0.358 e. The van der Waals surface area contributed by atoms with Crippen LogP contribution in [0, 0.1) is 5.41 Å². The number of carbonyl (C=O) groups is 2. The van der Waals surface area contributed by atoms with Gasteiger partial charge < -0.3 is 9.84 Å². The summed E-state index contributed by atoms with van der Waals surface area (Å²) in [6.07, 6.45) is 4.95. The van der Waals surface area contributed by atoms with Gasteiger partial charge in [0.25, 0.3) is 0 Å². The van der Waals surface area contributed by atoms with E-state index in [0.29, 0.717) is 10.8 Å². The number of esters is 1. The van der Waals surface area contributed by atoms with Gasteiger partial charge in [-0.15, -0.1) is 11.8 Å². The number of nitrogens with zero attached hydrogens (tertiary/aromatic N) is 2. The molecule has 0 bridgehead atoms. The summed E-state index contributed by atoms with van der Waals surface area (Å²) in [4.78, 5) is 30.1. The van der Waals surface area contributed by atoms with Crippen molar-refractivity contribution in [2.75, 3.05) is 12.9 Å². The van der Waals surface area contributed by atoms with Crippen molar-refractivity contribution >= 4 is 23.7 Å². The van der Waals surface area contributed by atoms with Crippen LogP contribution in [0.25, 0.3) is 0 Å². The SMILES string of the molecule is COC(=O)c1cncc(SCC2(CC(=O)O)CC2)n1. The number of carboxylic acids is 1. The van der Waals surface area contributed by atoms with Crippen molar-refractivity contribution in [1.82, 2.24) is 9.97 Å².